The van der Waals surface area contributed by atoms with Crippen LogP contribution in [0, 0.1) is 17.6 Å². The Hall–Kier alpha value is -3.88. The number of halogens is 2. The summed E-state index contributed by atoms with van der Waals surface area (Å²) in [5.41, 5.74) is 0.466. The molecule has 1 aliphatic heterocycles. The Morgan fingerprint density at radius 2 is 1.91 bits per heavy atom. The van der Waals surface area contributed by atoms with Gasteiger partial charge in [-0.15, -0.1) is 0 Å². The molecular formula is C24H22F2N2O5. The third kappa shape index (κ3) is 4.52. The van der Waals surface area contributed by atoms with E-state index in [-0.39, 0.29) is 31.1 Å². The zero-order valence-electron chi connectivity index (χ0n) is 18.1. The first-order chi connectivity index (χ1) is 15.9. The molecule has 1 unspecified atom stereocenters. The van der Waals surface area contributed by atoms with Crippen molar-refractivity contribution in [3.8, 4) is 11.5 Å². The molecule has 33 heavy (non-hydrogen) atoms. The number of hydrogen-bond donors (Lipinski definition) is 0. The van der Waals surface area contributed by atoms with Crippen LogP contribution in [0.5, 0.6) is 11.5 Å². The maximum absolute atomic E-state index is 14.6. The van der Waals surface area contributed by atoms with E-state index in [9.17, 15) is 18.4 Å². The third-order valence-corrected chi connectivity index (χ3v) is 5.51. The fourth-order valence-electron chi connectivity index (χ4n) is 3.88. The zero-order valence-corrected chi connectivity index (χ0v) is 18.1. The Bertz CT molecular complexity index is 1170. The minimum absolute atomic E-state index is 0.0509. The van der Waals surface area contributed by atoms with Gasteiger partial charge in [-0.05, 0) is 36.4 Å². The van der Waals surface area contributed by atoms with E-state index >= 15 is 0 Å². The molecule has 2 amide bonds. The summed E-state index contributed by atoms with van der Waals surface area (Å²) in [6, 6.07) is 11.3. The lowest BCUT2D eigenvalue weighted by molar-refractivity contribution is -0.124. The Morgan fingerprint density at radius 3 is 2.58 bits per heavy atom. The second-order valence-electron chi connectivity index (χ2n) is 7.54. The van der Waals surface area contributed by atoms with E-state index in [0.717, 1.165) is 6.07 Å². The second-order valence-corrected chi connectivity index (χ2v) is 7.54. The molecule has 1 aliphatic rings. The highest BCUT2D eigenvalue weighted by Gasteiger charge is 2.38. The molecule has 0 bridgehead atoms. The van der Waals surface area contributed by atoms with Crippen LogP contribution in [-0.4, -0.2) is 32.6 Å². The van der Waals surface area contributed by atoms with Gasteiger partial charge in [0.1, 0.15) is 17.4 Å². The van der Waals surface area contributed by atoms with Crippen molar-refractivity contribution in [3.63, 3.8) is 0 Å². The van der Waals surface area contributed by atoms with Gasteiger partial charge in [0.2, 0.25) is 11.8 Å². The average Bonchev–Trinajstić information content (AvgIpc) is 3.46. The summed E-state index contributed by atoms with van der Waals surface area (Å²) in [5.74, 6) is -1.69. The molecule has 0 N–H and O–H groups in total. The van der Waals surface area contributed by atoms with Gasteiger partial charge in [-0.2, -0.15) is 0 Å². The molecule has 3 aromatic rings. The lowest BCUT2D eigenvalue weighted by Crippen LogP contribution is -2.37. The summed E-state index contributed by atoms with van der Waals surface area (Å²) in [4.78, 5) is 28.9. The number of rotatable bonds is 7. The molecule has 2 aromatic carbocycles. The number of furan rings is 1. The fourth-order valence-corrected chi connectivity index (χ4v) is 3.88. The number of hydrogen-bond acceptors (Lipinski definition) is 5. The topological polar surface area (TPSA) is 72.2 Å². The first-order valence-corrected chi connectivity index (χ1v) is 10.2. The Morgan fingerprint density at radius 1 is 1.12 bits per heavy atom. The van der Waals surface area contributed by atoms with Gasteiger partial charge < -0.3 is 23.7 Å². The highest BCUT2D eigenvalue weighted by atomic mass is 19.1. The van der Waals surface area contributed by atoms with Crippen LogP contribution in [0.1, 0.15) is 12.2 Å². The van der Waals surface area contributed by atoms with E-state index in [1.54, 1.807) is 30.3 Å². The molecule has 0 saturated carbocycles. The first-order valence-electron chi connectivity index (χ1n) is 10.2. The number of carbonyl (C=O) groups is 2. The van der Waals surface area contributed by atoms with Gasteiger partial charge in [-0.1, -0.05) is 0 Å². The van der Waals surface area contributed by atoms with Crippen LogP contribution in [0.4, 0.5) is 20.2 Å². The summed E-state index contributed by atoms with van der Waals surface area (Å²) in [7, 11) is 3.00. The van der Waals surface area contributed by atoms with Crippen LogP contribution in [0.25, 0.3) is 0 Å². The van der Waals surface area contributed by atoms with E-state index in [2.05, 4.69) is 0 Å². The molecule has 1 fully saturated rings. The maximum atomic E-state index is 14.6. The summed E-state index contributed by atoms with van der Waals surface area (Å²) < 4.78 is 43.9. The third-order valence-electron chi connectivity index (χ3n) is 5.51. The molecule has 0 spiro atoms. The summed E-state index contributed by atoms with van der Waals surface area (Å²) >= 11 is 0. The molecule has 2 heterocycles. The Kier molecular flexibility index (Phi) is 6.30. The van der Waals surface area contributed by atoms with E-state index in [1.165, 1.54) is 36.3 Å². The van der Waals surface area contributed by atoms with Crippen molar-refractivity contribution in [3.05, 3.63) is 72.2 Å². The van der Waals surface area contributed by atoms with Gasteiger partial charge in [-0.25, -0.2) is 8.78 Å². The van der Waals surface area contributed by atoms with Crippen LogP contribution >= 0.6 is 0 Å². The smallest absolute Gasteiger partial charge is 0.232 e. The molecule has 0 radical (unpaired) electrons. The van der Waals surface area contributed by atoms with Gasteiger partial charge >= 0.3 is 0 Å². The van der Waals surface area contributed by atoms with Gasteiger partial charge in [-0.3, -0.25) is 9.59 Å². The van der Waals surface area contributed by atoms with Crippen molar-refractivity contribution >= 4 is 23.2 Å². The van der Waals surface area contributed by atoms with Crippen LogP contribution in [0.15, 0.2) is 59.2 Å². The van der Waals surface area contributed by atoms with Gasteiger partial charge in [0.05, 0.1) is 38.6 Å². The number of methoxy groups -OCH3 is 2. The molecule has 0 aliphatic carbocycles. The highest BCUT2D eigenvalue weighted by molar-refractivity contribution is 6.04. The standard InChI is InChI=1S/C24H22F2N2O5/c1-31-21-8-6-17(12-22(21)32-2)27-13-15(10-23(27)29)24(30)28(14-18-4-3-9-33-18)20-7-5-16(25)11-19(20)26/h3-9,11-12,15H,10,13-14H2,1-2H3. The van der Waals surface area contributed by atoms with E-state index in [0.29, 0.717) is 29.0 Å². The minimum atomic E-state index is -0.879. The van der Waals surface area contributed by atoms with Crippen molar-refractivity contribution in [2.24, 2.45) is 5.92 Å². The molecule has 1 atom stereocenters. The second kappa shape index (κ2) is 9.32. The fraction of sp³-hybridized carbons (Fsp3) is 0.250. The van der Waals surface area contributed by atoms with E-state index in [1.807, 2.05) is 0 Å². The van der Waals surface area contributed by atoms with Crippen LogP contribution in [-0.2, 0) is 16.1 Å². The summed E-state index contributed by atoms with van der Waals surface area (Å²) in [5, 5.41) is 0. The molecule has 7 nitrogen and oxygen atoms in total. The number of amides is 2. The van der Waals surface area contributed by atoms with Crippen LogP contribution in [0.2, 0.25) is 0 Å². The number of ether oxygens (including phenoxy) is 2. The largest absolute Gasteiger partial charge is 0.493 e. The predicted octanol–water partition coefficient (Wildman–Crippen LogP) is 4.16. The van der Waals surface area contributed by atoms with Crippen molar-refractivity contribution in [1.82, 2.24) is 0 Å². The zero-order chi connectivity index (χ0) is 23.5. The molecular weight excluding hydrogens is 434 g/mol. The number of anilines is 2. The molecule has 9 heteroatoms. The number of benzene rings is 2. The van der Waals surface area contributed by atoms with Crippen molar-refractivity contribution < 1.29 is 32.3 Å². The monoisotopic (exact) mass is 456 g/mol. The molecule has 4 rings (SSSR count). The normalized spacial score (nSPS) is 15.6. The van der Waals surface area contributed by atoms with E-state index in [4.69, 9.17) is 13.9 Å². The number of nitrogens with zero attached hydrogens (tertiary/aromatic N) is 2. The highest BCUT2D eigenvalue weighted by Crippen LogP contribution is 2.35. The quantitative estimate of drug-likeness (QED) is 0.534. The average molecular weight is 456 g/mol. The summed E-state index contributed by atoms with van der Waals surface area (Å²) in [6.07, 6.45) is 1.39. The predicted molar refractivity (Wildman–Crippen MR) is 116 cm³/mol. The molecule has 172 valence electrons. The molecule has 1 saturated heterocycles. The van der Waals surface area contributed by atoms with Crippen molar-refractivity contribution in [2.75, 3.05) is 30.6 Å². The minimum Gasteiger partial charge on any atom is -0.493 e. The van der Waals surface area contributed by atoms with Gasteiger partial charge in [0.15, 0.2) is 11.5 Å². The number of carbonyl (C=O) groups excluding carboxylic acids is 2. The van der Waals surface area contributed by atoms with Crippen LogP contribution in [0.3, 0.4) is 0 Å². The van der Waals surface area contributed by atoms with Gasteiger partial charge in [0, 0.05) is 30.8 Å². The van der Waals surface area contributed by atoms with E-state index < -0.39 is 23.5 Å². The summed E-state index contributed by atoms with van der Waals surface area (Å²) in [6.45, 7) is 0.0417. The molecule has 1 aromatic heterocycles. The lowest BCUT2D eigenvalue weighted by atomic mass is 10.1. The maximum Gasteiger partial charge on any atom is 0.232 e. The lowest BCUT2D eigenvalue weighted by Gasteiger charge is -2.25. The Balaban J connectivity index is 1.61. The SMILES string of the molecule is COc1ccc(N2CC(C(=O)N(Cc3ccco3)c3ccc(F)cc3F)CC2=O)cc1OC. The van der Waals surface area contributed by atoms with Crippen molar-refractivity contribution in [2.45, 2.75) is 13.0 Å². The van der Waals surface area contributed by atoms with Crippen LogP contribution < -0.4 is 19.3 Å². The van der Waals surface area contributed by atoms with Gasteiger partial charge in [0.25, 0.3) is 0 Å². The van der Waals surface area contributed by atoms with Crippen molar-refractivity contribution in [1.29, 1.82) is 0 Å². The first kappa shape index (κ1) is 22.3. The Labute approximate surface area is 189 Å².